The van der Waals surface area contributed by atoms with Crippen molar-refractivity contribution in [2.24, 2.45) is 5.10 Å². The van der Waals surface area contributed by atoms with E-state index in [1.54, 1.807) is 10.9 Å². The molecule has 0 saturated heterocycles. The molecular weight excluding hydrogens is 212 g/mol. The molecule has 0 atom stereocenters. The summed E-state index contributed by atoms with van der Waals surface area (Å²) in [6, 6.07) is 8.24. The minimum Gasteiger partial charge on any atom is -0.378 e. The van der Waals surface area contributed by atoms with Gasteiger partial charge in [-0.15, -0.1) is 0 Å². The Morgan fingerprint density at radius 2 is 1.94 bits per heavy atom. The second-order valence-corrected chi connectivity index (χ2v) is 4.05. The number of aromatic nitrogens is 2. The summed E-state index contributed by atoms with van der Waals surface area (Å²) in [5, 5.41) is 4.33. The Bertz CT molecular complexity index is 508. The molecule has 0 unspecified atom stereocenters. The molecule has 88 valence electrons. The van der Waals surface area contributed by atoms with Crippen LogP contribution in [0.3, 0.4) is 0 Å². The van der Waals surface area contributed by atoms with Gasteiger partial charge < -0.3 is 4.90 Å². The summed E-state index contributed by atoms with van der Waals surface area (Å²) in [6.07, 6.45) is 5.40. The van der Waals surface area contributed by atoms with E-state index in [-0.39, 0.29) is 0 Å². The normalized spacial score (nSPS) is 11.0. The Morgan fingerprint density at radius 3 is 2.47 bits per heavy atom. The van der Waals surface area contributed by atoms with E-state index in [0.717, 1.165) is 11.4 Å². The van der Waals surface area contributed by atoms with Gasteiger partial charge in [-0.05, 0) is 24.6 Å². The highest BCUT2D eigenvalue weighted by atomic mass is 15.4. The van der Waals surface area contributed by atoms with Gasteiger partial charge >= 0.3 is 0 Å². The maximum atomic E-state index is 4.33. The average Bonchev–Trinajstić information content (AvgIpc) is 2.73. The van der Waals surface area contributed by atoms with Crippen LogP contribution in [-0.2, 0) is 0 Å². The molecule has 0 bridgehead atoms. The number of rotatable bonds is 3. The van der Waals surface area contributed by atoms with Crippen LogP contribution >= 0.6 is 0 Å². The molecule has 0 aliphatic rings. The van der Waals surface area contributed by atoms with E-state index < -0.39 is 0 Å². The number of hydrogen-bond acceptors (Lipinski definition) is 3. The third kappa shape index (κ3) is 2.72. The molecule has 17 heavy (non-hydrogen) atoms. The zero-order valence-electron chi connectivity index (χ0n) is 10.3. The van der Waals surface area contributed by atoms with Crippen LogP contribution in [0, 0.1) is 6.92 Å². The number of benzene rings is 1. The summed E-state index contributed by atoms with van der Waals surface area (Å²) in [5.74, 6) is 0.881. The minimum absolute atomic E-state index is 0.881. The van der Waals surface area contributed by atoms with Crippen molar-refractivity contribution >= 4 is 11.9 Å². The molecule has 0 fully saturated rings. The Labute approximate surface area is 101 Å². The summed E-state index contributed by atoms with van der Waals surface area (Å²) >= 11 is 0. The van der Waals surface area contributed by atoms with Gasteiger partial charge in [0.25, 0.3) is 0 Å². The first-order chi connectivity index (χ1) is 8.16. The van der Waals surface area contributed by atoms with Crippen molar-refractivity contribution in [1.82, 2.24) is 9.66 Å². The highest BCUT2D eigenvalue weighted by Crippen LogP contribution is 2.11. The van der Waals surface area contributed by atoms with Gasteiger partial charge in [-0.2, -0.15) is 5.10 Å². The van der Waals surface area contributed by atoms with Gasteiger partial charge in [0.05, 0.1) is 6.21 Å². The fraction of sp³-hybridized carbons (Fsp3) is 0.231. The highest BCUT2D eigenvalue weighted by molar-refractivity contribution is 5.80. The topological polar surface area (TPSA) is 33.4 Å². The van der Waals surface area contributed by atoms with Crippen LogP contribution in [0.25, 0.3) is 0 Å². The molecule has 0 radical (unpaired) electrons. The molecule has 0 N–H and O–H groups in total. The Hall–Kier alpha value is -2.10. The number of imidazole rings is 1. The maximum absolute atomic E-state index is 4.33. The van der Waals surface area contributed by atoms with Crippen molar-refractivity contribution in [3.8, 4) is 0 Å². The van der Waals surface area contributed by atoms with Crippen LogP contribution < -0.4 is 4.90 Å². The number of aryl methyl sites for hydroxylation is 1. The zero-order chi connectivity index (χ0) is 12.3. The first kappa shape index (κ1) is 11.4. The summed E-state index contributed by atoms with van der Waals surface area (Å²) in [6.45, 7) is 1.92. The van der Waals surface area contributed by atoms with E-state index >= 15 is 0 Å². The summed E-state index contributed by atoms with van der Waals surface area (Å²) in [4.78, 5) is 6.18. The monoisotopic (exact) mass is 228 g/mol. The third-order valence-corrected chi connectivity index (χ3v) is 2.54. The van der Waals surface area contributed by atoms with Crippen molar-refractivity contribution in [3.63, 3.8) is 0 Å². The van der Waals surface area contributed by atoms with Crippen LogP contribution in [0.4, 0.5) is 5.69 Å². The lowest BCUT2D eigenvalue weighted by Gasteiger charge is -2.11. The summed E-state index contributed by atoms with van der Waals surface area (Å²) < 4.78 is 1.75. The predicted octanol–water partition coefficient (Wildman–Crippen LogP) is 2.14. The minimum atomic E-state index is 0.881. The molecule has 2 rings (SSSR count). The van der Waals surface area contributed by atoms with E-state index in [2.05, 4.69) is 27.1 Å². The fourth-order valence-corrected chi connectivity index (χ4v) is 1.48. The molecule has 0 amide bonds. The molecule has 0 spiro atoms. The maximum Gasteiger partial charge on any atom is 0.126 e. The van der Waals surface area contributed by atoms with Crippen molar-refractivity contribution in [3.05, 3.63) is 48.0 Å². The van der Waals surface area contributed by atoms with Crippen LogP contribution in [0.2, 0.25) is 0 Å². The zero-order valence-corrected chi connectivity index (χ0v) is 10.3. The van der Waals surface area contributed by atoms with Crippen molar-refractivity contribution < 1.29 is 0 Å². The smallest absolute Gasteiger partial charge is 0.126 e. The lowest BCUT2D eigenvalue weighted by molar-refractivity contribution is 0.832. The molecule has 1 aromatic heterocycles. The average molecular weight is 228 g/mol. The lowest BCUT2D eigenvalue weighted by Crippen LogP contribution is -2.08. The SMILES string of the molecule is Cc1nccn1/N=C/c1ccc(N(C)C)cc1. The van der Waals surface area contributed by atoms with E-state index in [4.69, 9.17) is 0 Å². The van der Waals surface area contributed by atoms with Crippen molar-refractivity contribution in [2.45, 2.75) is 6.92 Å². The number of nitrogens with zero attached hydrogens (tertiary/aromatic N) is 4. The Balaban J connectivity index is 2.14. The molecule has 2 aromatic rings. The van der Waals surface area contributed by atoms with Gasteiger partial charge in [0.15, 0.2) is 0 Å². The van der Waals surface area contributed by atoms with Gasteiger partial charge in [0.1, 0.15) is 5.82 Å². The van der Waals surface area contributed by atoms with Crippen LogP contribution in [0.5, 0.6) is 0 Å². The second-order valence-electron chi connectivity index (χ2n) is 4.05. The van der Waals surface area contributed by atoms with Gasteiger partial charge in [0.2, 0.25) is 0 Å². The predicted molar refractivity (Wildman–Crippen MR) is 70.7 cm³/mol. The number of anilines is 1. The third-order valence-electron chi connectivity index (χ3n) is 2.54. The highest BCUT2D eigenvalue weighted by Gasteiger charge is 1.95. The quantitative estimate of drug-likeness (QED) is 0.754. The standard InChI is InChI=1S/C13H16N4/c1-11-14-8-9-17(11)15-10-12-4-6-13(7-5-12)16(2)3/h4-10H,1-3H3/b15-10+. The number of hydrogen-bond donors (Lipinski definition) is 0. The van der Waals surface area contributed by atoms with E-state index in [1.807, 2.05) is 45.6 Å². The van der Waals surface area contributed by atoms with E-state index in [9.17, 15) is 0 Å². The van der Waals surface area contributed by atoms with Crippen molar-refractivity contribution in [2.75, 3.05) is 19.0 Å². The largest absolute Gasteiger partial charge is 0.378 e. The van der Waals surface area contributed by atoms with Gasteiger partial charge in [0, 0.05) is 32.2 Å². The van der Waals surface area contributed by atoms with Gasteiger partial charge in [-0.25, -0.2) is 9.66 Å². The lowest BCUT2D eigenvalue weighted by atomic mass is 10.2. The molecule has 0 aliphatic carbocycles. The molecule has 1 heterocycles. The van der Waals surface area contributed by atoms with Crippen LogP contribution in [0.15, 0.2) is 41.8 Å². The fourth-order valence-electron chi connectivity index (χ4n) is 1.48. The molecule has 0 aliphatic heterocycles. The Morgan fingerprint density at radius 1 is 1.24 bits per heavy atom. The van der Waals surface area contributed by atoms with E-state index in [0.29, 0.717) is 0 Å². The molecule has 4 heteroatoms. The van der Waals surface area contributed by atoms with Crippen LogP contribution in [-0.4, -0.2) is 30.0 Å². The second kappa shape index (κ2) is 4.82. The molecule has 1 aromatic carbocycles. The van der Waals surface area contributed by atoms with Gasteiger partial charge in [-0.1, -0.05) is 12.1 Å². The first-order valence-electron chi connectivity index (χ1n) is 5.48. The molecular formula is C13H16N4. The summed E-state index contributed by atoms with van der Waals surface area (Å²) in [7, 11) is 4.05. The van der Waals surface area contributed by atoms with Crippen molar-refractivity contribution in [1.29, 1.82) is 0 Å². The first-order valence-corrected chi connectivity index (χ1v) is 5.48. The van der Waals surface area contributed by atoms with Crippen LogP contribution in [0.1, 0.15) is 11.4 Å². The van der Waals surface area contributed by atoms with Gasteiger partial charge in [-0.3, -0.25) is 0 Å². The summed E-state index contributed by atoms with van der Waals surface area (Å²) in [5.41, 5.74) is 2.25. The Kier molecular flexibility index (Phi) is 3.23. The molecule has 0 saturated carbocycles. The molecule has 4 nitrogen and oxygen atoms in total. The van der Waals surface area contributed by atoms with E-state index in [1.165, 1.54) is 5.69 Å².